The van der Waals surface area contributed by atoms with Crippen LogP contribution in [0.2, 0.25) is 0 Å². The molecule has 0 saturated heterocycles. The average Bonchev–Trinajstić information content (AvgIpc) is 2.37. The van der Waals surface area contributed by atoms with E-state index in [2.05, 4.69) is 11.4 Å². The highest BCUT2D eigenvalue weighted by Gasteiger charge is 2.45. The standard InChI is InChI=1S/C15H18N2O2/c1-14(19,12-6-3-2-4-7-12)11-17-13(18)15(10-16)8-5-9-15/h2-4,6-7,19H,5,8-9,11H2,1H3,(H,17,18). The molecule has 19 heavy (non-hydrogen) atoms. The Hall–Kier alpha value is -1.86. The predicted octanol–water partition coefficient (Wildman–Crippen LogP) is 1.70. The summed E-state index contributed by atoms with van der Waals surface area (Å²) in [6.45, 7) is 1.77. The molecule has 0 aliphatic heterocycles. The van der Waals surface area contributed by atoms with Crippen LogP contribution in [0.1, 0.15) is 31.7 Å². The van der Waals surface area contributed by atoms with Crippen LogP contribution >= 0.6 is 0 Å². The van der Waals surface area contributed by atoms with Gasteiger partial charge in [0.15, 0.2) is 0 Å². The first-order valence-corrected chi connectivity index (χ1v) is 6.48. The van der Waals surface area contributed by atoms with Gasteiger partial charge in [-0.05, 0) is 31.7 Å². The first-order chi connectivity index (χ1) is 9.00. The van der Waals surface area contributed by atoms with Crippen molar-refractivity contribution in [3.05, 3.63) is 35.9 Å². The van der Waals surface area contributed by atoms with Gasteiger partial charge in [-0.1, -0.05) is 30.3 Å². The lowest BCUT2D eigenvalue weighted by molar-refractivity contribution is -0.133. The summed E-state index contributed by atoms with van der Waals surface area (Å²) in [5.41, 5.74) is -1.25. The van der Waals surface area contributed by atoms with E-state index in [0.29, 0.717) is 12.8 Å². The number of nitrogens with zero attached hydrogens (tertiary/aromatic N) is 1. The second-order valence-corrected chi connectivity index (χ2v) is 5.37. The van der Waals surface area contributed by atoms with Crippen molar-refractivity contribution in [3.63, 3.8) is 0 Å². The number of benzene rings is 1. The van der Waals surface area contributed by atoms with Gasteiger partial charge in [0.05, 0.1) is 12.6 Å². The molecule has 1 aromatic carbocycles. The molecule has 0 spiro atoms. The van der Waals surface area contributed by atoms with Crippen molar-refractivity contribution in [3.8, 4) is 6.07 Å². The third-order valence-electron chi connectivity index (χ3n) is 3.84. The van der Waals surface area contributed by atoms with Crippen LogP contribution in [0.3, 0.4) is 0 Å². The van der Waals surface area contributed by atoms with E-state index in [1.165, 1.54) is 0 Å². The molecule has 100 valence electrons. The molecule has 4 nitrogen and oxygen atoms in total. The molecule has 1 fully saturated rings. The molecular weight excluding hydrogens is 240 g/mol. The van der Waals surface area contributed by atoms with Crippen LogP contribution in [-0.2, 0) is 10.4 Å². The van der Waals surface area contributed by atoms with Crippen LogP contribution in [-0.4, -0.2) is 17.6 Å². The summed E-state index contributed by atoms with van der Waals surface area (Å²) in [7, 11) is 0. The Balaban J connectivity index is 1.99. The lowest BCUT2D eigenvalue weighted by Gasteiger charge is -2.34. The van der Waals surface area contributed by atoms with E-state index in [1.54, 1.807) is 6.92 Å². The van der Waals surface area contributed by atoms with Crippen molar-refractivity contribution in [2.45, 2.75) is 31.8 Å². The minimum absolute atomic E-state index is 0.110. The maximum atomic E-state index is 12.0. The van der Waals surface area contributed by atoms with Gasteiger partial charge in [0.25, 0.3) is 0 Å². The van der Waals surface area contributed by atoms with E-state index < -0.39 is 11.0 Å². The highest BCUT2D eigenvalue weighted by atomic mass is 16.3. The molecular formula is C15H18N2O2. The van der Waals surface area contributed by atoms with E-state index in [1.807, 2.05) is 30.3 Å². The number of carbonyl (C=O) groups is 1. The Bertz CT molecular complexity index is 499. The molecule has 1 aromatic rings. The molecule has 4 heteroatoms. The number of amides is 1. The highest BCUT2D eigenvalue weighted by molar-refractivity contribution is 5.86. The quantitative estimate of drug-likeness (QED) is 0.863. The van der Waals surface area contributed by atoms with Crippen molar-refractivity contribution in [2.24, 2.45) is 5.41 Å². The molecule has 0 aromatic heterocycles. The summed E-state index contributed by atoms with van der Waals surface area (Å²) in [6, 6.07) is 11.3. The number of hydrogen-bond donors (Lipinski definition) is 2. The number of nitriles is 1. The lowest BCUT2D eigenvalue weighted by atomic mass is 9.69. The minimum atomic E-state index is -1.13. The smallest absolute Gasteiger partial charge is 0.240 e. The molecule has 1 unspecified atom stereocenters. The first-order valence-electron chi connectivity index (χ1n) is 6.48. The summed E-state index contributed by atoms with van der Waals surface area (Å²) < 4.78 is 0. The first kappa shape index (κ1) is 13.6. The second kappa shape index (κ2) is 5.02. The highest BCUT2D eigenvalue weighted by Crippen LogP contribution is 2.40. The van der Waals surface area contributed by atoms with Crippen LogP contribution in [0.25, 0.3) is 0 Å². The Labute approximate surface area is 113 Å². The van der Waals surface area contributed by atoms with E-state index >= 15 is 0 Å². The van der Waals surface area contributed by atoms with Gasteiger partial charge in [0.2, 0.25) is 5.91 Å². The zero-order valence-corrected chi connectivity index (χ0v) is 11.0. The van der Waals surface area contributed by atoms with Gasteiger partial charge in [0, 0.05) is 0 Å². The van der Waals surface area contributed by atoms with Gasteiger partial charge < -0.3 is 10.4 Å². The maximum absolute atomic E-state index is 12.0. The van der Waals surface area contributed by atoms with E-state index in [0.717, 1.165) is 12.0 Å². The topological polar surface area (TPSA) is 73.1 Å². The fraction of sp³-hybridized carbons (Fsp3) is 0.467. The van der Waals surface area contributed by atoms with Gasteiger partial charge in [0.1, 0.15) is 11.0 Å². The summed E-state index contributed by atoms with van der Waals surface area (Å²) in [5.74, 6) is -0.266. The molecule has 0 heterocycles. The van der Waals surface area contributed by atoms with Gasteiger partial charge in [-0.2, -0.15) is 5.26 Å². The summed E-state index contributed by atoms with van der Waals surface area (Å²) in [6.07, 6.45) is 2.14. The molecule has 1 amide bonds. The molecule has 1 aliphatic carbocycles. The van der Waals surface area contributed by atoms with Crippen molar-refractivity contribution in [1.29, 1.82) is 5.26 Å². The molecule has 0 radical (unpaired) electrons. The third kappa shape index (κ3) is 2.61. The van der Waals surface area contributed by atoms with Gasteiger partial charge in [-0.25, -0.2) is 0 Å². The van der Waals surface area contributed by atoms with Crippen LogP contribution in [0.5, 0.6) is 0 Å². The summed E-state index contributed by atoms with van der Waals surface area (Å²) >= 11 is 0. The normalized spacial score (nSPS) is 19.6. The summed E-state index contributed by atoms with van der Waals surface area (Å²) in [4.78, 5) is 12.0. The Morgan fingerprint density at radius 3 is 2.58 bits per heavy atom. The number of aliphatic hydroxyl groups is 1. The van der Waals surface area contributed by atoms with E-state index in [-0.39, 0.29) is 12.5 Å². The van der Waals surface area contributed by atoms with E-state index in [9.17, 15) is 9.90 Å². The Morgan fingerprint density at radius 2 is 2.11 bits per heavy atom. The number of nitrogens with one attached hydrogen (secondary N) is 1. The number of hydrogen-bond acceptors (Lipinski definition) is 3. The zero-order valence-electron chi connectivity index (χ0n) is 11.0. The monoisotopic (exact) mass is 258 g/mol. The van der Waals surface area contributed by atoms with Crippen molar-refractivity contribution in [2.75, 3.05) is 6.54 Å². The second-order valence-electron chi connectivity index (χ2n) is 5.37. The molecule has 2 rings (SSSR count). The van der Waals surface area contributed by atoms with Gasteiger partial charge >= 0.3 is 0 Å². The third-order valence-corrected chi connectivity index (χ3v) is 3.84. The minimum Gasteiger partial charge on any atom is -0.384 e. The van der Waals surface area contributed by atoms with Crippen molar-refractivity contribution in [1.82, 2.24) is 5.32 Å². The van der Waals surface area contributed by atoms with Gasteiger partial charge in [-0.15, -0.1) is 0 Å². The number of carbonyl (C=O) groups excluding carboxylic acids is 1. The van der Waals surface area contributed by atoms with Crippen LogP contribution in [0.4, 0.5) is 0 Å². The molecule has 2 N–H and O–H groups in total. The largest absolute Gasteiger partial charge is 0.384 e. The molecule has 1 aliphatic rings. The summed E-state index contributed by atoms with van der Waals surface area (Å²) in [5, 5.41) is 22.1. The SMILES string of the molecule is CC(O)(CNC(=O)C1(C#N)CCC1)c1ccccc1. The predicted molar refractivity (Wildman–Crippen MR) is 70.9 cm³/mol. The fourth-order valence-electron chi connectivity index (χ4n) is 2.24. The van der Waals surface area contributed by atoms with E-state index in [4.69, 9.17) is 5.26 Å². The molecule has 1 atom stereocenters. The van der Waals surface area contributed by atoms with Crippen LogP contribution in [0.15, 0.2) is 30.3 Å². The number of rotatable bonds is 4. The Morgan fingerprint density at radius 1 is 1.47 bits per heavy atom. The van der Waals surface area contributed by atoms with Crippen molar-refractivity contribution < 1.29 is 9.90 Å². The Kier molecular flexibility index (Phi) is 3.59. The molecule has 1 saturated carbocycles. The molecule has 0 bridgehead atoms. The maximum Gasteiger partial charge on any atom is 0.240 e. The lowest BCUT2D eigenvalue weighted by Crippen LogP contribution is -2.48. The average molecular weight is 258 g/mol. The fourth-order valence-corrected chi connectivity index (χ4v) is 2.24. The van der Waals surface area contributed by atoms with Crippen LogP contribution < -0.4 is 5.32 Å². The van der Waals surface area contributed by atoms with Crippen LogP contribution in [0, 0.1) is 16.7 Å². The van der Waals surface area contributed by atoms with Gasteiger partial charge in [-0.3, -0.25) is 4.79 Å². The zero-order chi connectivity index (χ0) is 13.9. The van der Waals surface area contributed by atoms with Crippen molar-refractivity contribution >= 4 is 5.91 Å².